The van der Waals surface area contributed by atoms with Crippen molar-refractivity contribution in [1.82, 2.24) is 23.8 Å². The molecule has 0 fully saturated rings. The van der Waals surface area contributed by atoms with E-state index in [0.29, 0.717) is 18.8 Å². The SMILES string of the molecule is CCCCn1c(=O)[nH]c(=O)c2c1nc(COC(=O)c1ccc(S(=O)(=O)NC(C)CC)cc1)n2C. The van der Waals surface area contributed by atoms with Crippen LogP contribution in [0.2, 0.25) is 0 Å². The van der Waals surface area contributed by atoms with Gasteiger partial charge in [0.15, 0.2) is 11.2 Å². The summed E-state index contributed by atoms with van der Waals surface area (Å²) in [5.41, 5.74) is -0.489. The molecule has 0 bridgehead atoms. The van der Waals surface area contributed by atoms with Crippen LogP contribution in [-0.2, 0) is 35.0 Å². The first-order chi connectivity index (χ1) is 16.1. The Hall–Kier alpha value is -3.25. The number of carbonyl (C=O) groups excluding carboxylic acids is 1. The van der Waals surface area contributed by atoms with E-state index in [1.165, 1.54) is 33.4 Å². The number of nitrogens with zero attached hydrogens (tertiary/aromatic N) is 3. The molecule has 0 spiro atoms. The quantitative estimate of drug-likeness (QED) is 0.410. The maximum atomic E-state index is 12.5. The summed E-state index contributed by atoms with van der Waals surface area (Å²) in [6.07, 6.45) is 2.24. The number of H-pyrrole nitrogens is 1. The van der Waals surface area contributed by atoms with Gasteiger partial charge in [0.2, 0.25) is 10.0 Å². The summed E-state index contributed by atoms with van der Waals surface area (Å²) in [4.78, 5) is 43.8. The number of hydrogen-bond acceptors (Lipinski definition) is 7. The van der Waals surface area contributed by atoms with Crippen LogP contribution in [0.4, 0.5) is 0 Å². The highest BCUT2D eigenvalue weighted by atomic mass is 32.2. The number of ether oxygens (including phenoxy) is 1. The summed E-state index contributed by atoms with van der Waals surface area (Å²) in [6.45, 7) is 5.79. The molecule has 12 heteroatoms. The van der Waals surface area contributed by atoms with Crippen molar-refractivity contribution in [2.75, 3.05) is 0 Å². The van der Waals surface area contributed by atoms with E-state index in [9.17, 15) is 22.8 Å². The third-order valence-corrected chi connectivity index (χ3v) is 7.15. The summed E-state index contributed by atoms with van der Waals surface area (Å²) in [5.74, 6) is -0.384. The molecule has 3 rings (SSSR count). The maximum Gasteiger partial charge on any atom is 0.338 e. The van der Waals surface area contributed by atoms with Crippen LogP contribution < -0.4 is 16.0 Å². The van der Waals surface area contributed by atoms with Crippen molar-refractivity contribution in [3.8, 4) is 0 Å². The third-order valence-electron chi connectivity index (χ3n) is 5.54. The van der Waals surface area contributed by atoms with Crippen molar-refractivity contribution in [3.63, 3.8) is 0 Å². The van der Waals surface area contributed by atoms with Gasteiger partial charge in [0.05, 0.1) is 10.5 Å². The number of carbonyl (C=O) groups is 1. The van der Waals surface area contributed by atoms with Gasteiger partial charge in [-0.2, -0.15) is 0 Å². The van der Waals surface area contributed by atoms with Crippen molar-refractivity contribution in [2.24, 2.45) is 7.05 Å². The van der Waals surface area contributed by atoms with Crippen LogP contribution in [0.1, 0.15) is 56.2 Å². The fraction of sp³-hybridized carbons (Fsp3) is 0.455. The first kappa shape index (κ1) is 25.4. The molecule has 1 unspecified atom stereocenters. The first-order valence-corrected chi connectivity index (χ1v) is 12.5. The second kappa shape index (κ2) is 10.3. The van der Waals surface area contributed by atoms with Gasteiger partial charge in [-0.1, -0.05) is 20.3 Å². The van der Waals surface area contributed by atoms with Crippen molar-refractivity contribution >= 4 is 27.2 Å². The zero-order chi connectivity index (χ0) is 25.0. The average Bonchev–Trinajstić information content (AvgIpc) is 3.13. The predicted octanol–water partition coefficient (Wildman–Crippen LogP) is 1.66. The van der Waals surface area contributed by atoms with Crippen LogP contribution in [0.5, 0.6) is 0 Å². The molecular formula is C22H29N5O6S. The van der Waals surface area contributed by atoms with Gasteiger partial charge in [-0.05, 0) is 44.0 Å². The number of imidazole rings is 1. The zero-order valence-electron chi connectivity index (χ0n) is 19.6. The average molecular weight is 492 g/mol. The Bertz CT molecular complexity index is 1400. The number of aryl methyl sites for hydroxylation is 2. The van der Waals surface area contributed by atoms with E-state index in [1.807, 2.05) is 13.8 Å². The molecule has 2 aromatic heterocycles. The zero-order valence-corrected chi connectivity index (χ0v) is 20.4. The fourth-order valence-electron chi connectivity index (χ4n) is 3.34. The smallest absolute Gasteiger partial charge is 0.338 e. The van der Waals surface area contributed by atoms with Gasteiger partial charge < -0.3 is 9.30 Å². The van der Waals surface area contributed by atoms with Crippen LogP contribution in [0.25, 0.3) is 11.2 Å². The normalized spacial score (nSPS) is 12.7. The summed E-state index contributed by atoms with van der Waals surface area (Å²) >= 11 is 0. The maximum absolute atomic E-state index is 12.5. The lowest BCUT2D eigenvalue weighted by Gasteiger charge is -2.12. The molecule has 0 aliphatic rings. The molecule has 2 heterocycles. The van der Waals surface area contributed by atoms with Crippen LogP contribution in [-0.4, -0.2) is 39.5 Å². The lowest BCUT2D eigenvalue weighted by atomic mass is 10.2. The Labute approximate surface area is 196 Å². The largest absolute Gasteiger partial charge is 0.454 e. The van der Waals surface area contributed by atoms with E-state index in [1.54, 1.807) is 14.0 Å². The Morgan fingerprint density at radius 2 is 1.88 bits per heavy atom. The minimum absolute atomic E-state index is 0.0453. The molecule has 0 saturated carbocycles. The topological polar surface area (TPSA) is 145 Å². The number of unbranched alkanes of at least 4 members (excludes halogenated alkanes) is 1. The minimum atomic E-state index is -3.68. The van der Waals surface area contributed by atoms with Crippen molar-refractivity contribution in [3.05, 3.63) is 56.5 Å². The highest BCUT2D eigenvalue weighted by Crippen LogP contribution is 2.15. The molecule has 1 atom stereocenters. The Kier molecular flexibility index (Phi) is 7.72. The van der Waals surface area contributed by atoms with Crippen molar-refractivity contribution in [2.45, 2.75) is 64.1 Å². The number of aromatic nitrogens is 4. The molecule has 1 aromatic carbocycles. The highest BCUT2D eigenvalue weighted by molar-refractivity contribution is 7.89. The van der Waals surface area contributed by atoms with E-state index < -0.39 is 27.2 Å². The van der Waals surface area contributed by atoms with E-state index >= 15 is 0 Å². The van der Waals surface area contributed by atoms with Gasteiger partial charge in [0, 0.05) is 19.6 Å². The van der Waals surface area contributed by atoms with E-state index in [-0.39, 0.29) is 34.3 Å². The molecule has 0 saturated heterocycles. The van der Waals surface area contributed by atoms with Gasteiger partial charge in [0.25, 0.3) is 5.56 Å². The standard InChI is InChI=1S/C22H29N5O6S/c1-5-7-12-27-19-18(20(28)24-22(27)30)26(4)17(23-19)13-33-21(29)15-8-10-16(11-9-15)34(31,32)25-14(3)6-2/h8-11,14,25H,5-7,12-13H2,1-4H3,(H,24,28,30). The van der Waals surface area contributed by atoms with Crippen LogP contribution in [0.15, 0.2) is 38.8 Å². The number of hydrogen-bond donors (Lipinski definition) is 2. The van der Waals surface area contributed by atoms with Crippen molar-refractivity contribution in [1.29, 1.82) is 0 Å². The molecule has 3 aromatic rings. The molecular weight excluding hydrogens is 462 g/mol. The number of aromatic amines is 1. The predicted molar refractivity (Wildman–Crippen MR) is 126 cm³/mol. The molecule has 34 heavy (non-hydrogen) atoms. The van der Waals surface area contributed by atoms with E-state index in [4.69, 9.17) is 4.74 Å². The van der Waals surface area contributed by atoms with E-state index in [2.05, 4.69) is 14.7 Å². The lowest BCUT2D eigenvalue weighted by molar-refractivity contribution is 0.0459. The van der Waals surface area contributed by atoms with Crippen LogP contribution in [0.3, 0.4) is 0 Å². The number of nitrogens with one attached hydrogen (secondary N) is 2. The fourth-order valence-corrected chi connectivity index (χ4v) is 4.67. The van der Waals surface area contributed by atoms with Gasteiger partial charge in [-0.25, -0.2) is 27.7 Å². The second-order valence-corrected chi connectivity index (χ2v) is 9.77. The number of benzene rings is 1. The monoisotopic (exact) mass is 491 g/mol. The number of rotatable bonds is 10. The highest BCUT2D eigenvalue weighted by Gasteiger charge is 2.19. The summed E-state index contributed by atoms with van der Waals surface area (Å²) in [7, 11) is -2.08. The molecule has 2 N–H and O–H groups in total. The molecule has 0 amide bonds. The molecule has 0 aliphatic heterocycles. The number of fused-ring (bicyclic) bond motifs is 1. The Balaban J connectivity index is 1.79. The lowest BCUT2D eigenvalue weighted by Crippen LogP contribution is -2.32. The van der Waals surface area contributed by atoms with Crippen molar-refractivity contribution < 1.29 is 17.9 Å². The minimum Gasteiger partial charge on any atom is -0.454 e. The molecule has 0 aliphatic carbocycles. The number of sulfonamides is 1. The second-order valence-electron chi connectivity index (χ2n) is 8.05. The molecule has 184 valence electrons. The third kappa shape index (κ3) is 5.28. The van der Waals surface area contributed by atoms with Gasteiger partial charge >= 0.3 is 11.7 Å². The molecule has 0 radical (unpaired) electrons. The van der Waals surface area contributed by atoms with E-state index in [0.717, 1.165) is 12.8 Å². The summed E-state index contributed by atoms with van der Waals surface area (Å²) < 4.78 is 35.5. The number of esters is 1. The van der Waals surface area contributed by atoms with Gasteiger partial charge in [-0.15, -0.1) is 0 Å². The van der Waals surface area contributed by atoms with Crippen LogP contribution >= 0.6 is 0 Å². The first-order valence-electron chi connectivity index (χ1n) is 11.1. The Morgan fingerprint density at radius 3 is 2.50 bits per heavy atom. The van der Waals surface area contributed by atoms with Crippen LogP contribution in [0, 0.1) is 0 Å². The van der Waals surface area contributed by atoms with Gasteiger partial charge in [0.1, 0.15) is 12.4 Å². The summed E-state index contributed by atoms with van der Waals surface area (Å²) in [5, 5.41) is 0. The molecule has 11 nitrogen and oxygen atoms in total. The Morgan fingerprint density at radius 1 is 1.21 bits per heavy atom. The summed E-state index contributed by atoms with van der Waals surface area (Å²) in [6, 6.07) is 5.20. The van der Waals surface area contributed by atoms with Gasteiger partial charge in [-0.3, -0.25) is 14.3 Å².